The molecule has 0 saturated carbocycles. The van der Waals surface area contributed by atoms with Gasteiger partial charge >= 0.3 is 5.97 Å². The molecule has 0 saturated heterocycles. The van der Waals surface area contributed by atoms with Crippen LogP contribution in [0.25, 0.3) is 0 Å². The van der Waals surface area contributed by atoms with Gasteiger partial charge in [-0.15, -0.1) is 0 Å². The summed E-state index contributed by atoms with van der Waals surface area (Å²) in [6.07, 6.45) is 0. The van der Waals surface area contributed by atoms with E-state index in [4.69, 9.17) is 5.11 Å². The number of carbonyl (C=O) groups excluding carboxylic acids is 1. The molecule has 0 aliphatic heterocycles. The second-order valence-electron chi connectivity index (χ2n) is 4.85. The third-order valence-electron chi connectivity index (χ3n) is 2.95. The quantitative estimate of drug-likeness (QED) is 0.817. The van der Waals surface area contributed by atoms with Crippen molar-refractivity contribution in [1.82, 2.24) is 9.62 Å². The molecule has 0 spiro atoms. The second-order valence-corrected chi connectivity index (χ2v) is 6.59. The molecule has 8 heteroatoms. The topological polar surface area (TPSA) is 104 Å². The molecule has 0 bridgehead atoms. The number of benzene rings is 1. The highest BCUT2D eigenvalue weighted by Gasteiger charge is 2.21. The lowest BCUT2D eigenvalue weighted by atomic mass is 10.1. The van der Waals surface area contributed by atoms with Gasteiger partial charge in [0.15, 0.2) is 0 Å². The number of carboxylic acids is 1. The lowest BCUT2D eigenvalue weighted by Crippen LogP contribution is -2.36. The standard InChI is InChI=1S/C13H18N2O5S/c1-8-5-9(2)11(6-10(8)13(17)18)21(19,20)14-7-12(16)15(3)4/h5-6,14H,7H2,1-4H3,(H,17,18). The van der Waals surface area contributed by atoms with Crippen LogP contribution in [-0.4, -0.2) is 50.9 Å². The molecule has 116 valence electrons. The molecule has 1 aromatic carbocycles. The molecule has 1 rings (SSSR count). The number of nitrogens with zero attached hydrogens (tertiary/aromatic N) is 1. The first-order valence-corrected chi connectivity index (χ1v) is 7.59. The normalized spacial score (nSPS) is 11.2. The molecule has 0 aliphatic rings. The van der Waals surface area contributed by atoms with Crippen LogP contribution in [-0.2, 0) is 14.8 Å². The Hall–Kier alpha value is -1.93. The van der Waals surface area contributed by atoms with Crippen molar-refractivity contribution in [3.8, 4) is 0 Å². The summed E-state index contributed by atoms with van der Waals surface area (Å²) in [5, 5.41) is 9.06. The summed E-state index contributed by atoms with van der Waals surface area (Å²) >= 11 is 0. The van der Waals surface area contributed by atoms with Crippen molar-refractivity contribution < 1.29 is 23.1 Å². The van der Waals surface area contributed by atoms with E-state index < -0.39 is 21.9 Å². The van der Waals surface area contributed by atoms with Crippen LogP contribution in [0.3, 0.4) is 0 Å². The van der Waals surface area contributed by atoms with Gasteiger partial charge in [0.25, 0.3) is 0 Å². The maximum atomic E-state index is 12.2. The zero-order chi connectivity index (χ0) is 16.4. The predicted molar refractivity (Wildman–Crippen MR) is 76.8 cm³/mol. The minimum Gasteiger partial charge on any atom is -0.478 e. The molecule has 0 fully saturated rings. The summed E-state index contributed by atoms with van der Waals surface area (Å²) in [5.41, 5.74) is 0.811. The number of amides is 1. The average Bonchev–Trinajstić information content (AvgIpc) is 2.34. The van der Waals surface area contributed by atoms with E-state index in [1.807, 2.05) is 0 Å². The Morgan fingerprint density at radius 2 is 1.76 bits per heavy atom. The van der Waals surface area contributed by atoms with Crippen LogP contribution in [0.5, 0.6) is 0 Å². The van der Waals surface area contributed by atoms with Crippen LogP contribution < -0.4 is 4.72 Å². The molecule has 1 aromatic rings. The maximum Gasteiger partial charge on any atom is 0.335 e. The van der Waals surface area contributed by atoms with E-state index in [2.05, 4.69) is 4.72 Å². The molecule has 1 amide bonds. The third kappa shape index (κ3) is 4.02. The number of rotatable bonds is 5. The second kappa shape index (κ2) is 6.23. The van der Waals surface area contributed by atoms with E-state index in [-0.39, 0.29) is 17.0 Å². The van der Waals surface area contributed by atoms with Crippen molar-refractivity contribution in [2.24, 2.45) is 0 Å². The fraction of sp³-hybridized carbons (Fsp3) is 0.385. The first-order chi connectivity index (χ1) is 9.56. The Bertz CT molecular complexity index is 680. The number of likely N-dealkylation sites (N-methyl/N-ethyl adjacent to an activating group) is 1. The monoisotopic (exact) mass is 314 g/mol. The molecular weight excluding hydrogens is 296 g/mol. The maximum absolute atomic E-state index is 12.2. The van der Waals surface area contributed by atoms with Crippen LogP contribution in [0.2, 0.25) is 0 Å². The van der Waals surface area contributed by atoms with Crippen molar-refractivity contribution in [2.75, 3.05) is 20.6 Å². The Kier molecular flexibility index (Phi) is 5.08. The Morgan fingerprint density at radius 1 is 1.19 bits per heavy atom. The lowest BCUT2D eigenvalue weighted by molar-refractivity contribution is -0.127. The Labute approximate surface area is 123 Å². The summed E-state index contributed by atoms with van der Waals surface area (Å²) in [6, 6.07) is 2.60. The molecule has 2 N–H and O–H groups in total. The van der Waals surface area contributed by atoms with Gasteiger partial charge in [0.2, 0.25) is 15.9 Å². The molecule has 7 nitrogen and oxygen atoms in total. The van der Waals surface area contributed by atoms with Crippen LogP contribution in [0, 0.1) is 13.8 Å². The van der Waals surface area contributed by atoms with Gasteiger partial charge in [0.1, 0.15) is 0 Å². The number of nitrogens with one attached hydrogen (secondary N) is 1. The van der Waals surface area contributed by atoms with Crippen molar-refractivity contribution in [3.63, 3.8) is 0 Å². The summed E-state index contributed by atoms with van der Waals surface area (Å²) in [4.78, 5) is 23.6. The van der Waals surface area contributed by atoms with Crippen LogP contribution in [0.15, 0.2) is 17.0 Å². The summed E-state index contributed by atoms with van der Waals surface area (Å²) in [6.45, 7) is 2.78. The van der Waals surface area contributed by atoms with E-state index in [1.54, 1.807) is 13.8 Å². The smallest absolute Gasteiger partial charge is 0.335 e. The van der Waals surface area contributed by atoms with Gasteiger partial charge in [-0.3, -0.25) is 4.79 Å². The molecule has 0 heterocycles. The summed E-state index contributed by atoms with van der Waals surface area (Å²) in [5.74, 6) is -1.60. The number of aryl methyl sites for hydroxylation is 2. The zero-order valence-electron chi connectivity index (χ0n) is 12.3. The fourth-order valence-corrected chi connectivity index (χ4v) is 2.97. The molecule has 0 unspecified atom stereocenters. The summed E-state index contributed by atoms with van der Waals surface area (Å²) in [7, 11) is -0.933. The molecule has 0 radical (unpaired) electrons. The van der Waals surface area contributed by atoms with Crippen LogP contribution in [0.4, 0.5) is 0 Å². The van der Waals surface area contributed by atoms with E-state index in [0.717, 1.165) is 6.07 Å². The minimum absolute atomic E-state index is 0.0834. The van der Waals surface area contributed by atoms with Crippen molar-refractivity contribution in [1.29, 1.82) is 0 Å². The Balaban J connectivity index is 3.17. The number of hydrogen-bond acceptors (Lipinski definition) is 4. The molecule has 0 atom stereocenters. The summed E-state index contributed by atoms with van der Waals surface area (Å²) < 4.78 is 26.6. The highest BCUT2D eigenvalue weighted by atomic mass is 32.2. The van der Waals surface area contributed by atoms with Gasteiger partial charge in [-0.1, -0.05) is 6.07 Å². The van der Waals surface area contributed by atoms with Gasteiger partial charge in [-0.2, -0.15) is 0 Å². The first kappa shape index (κ1) is 17.1. The van der Waals surface area contributed by atoms with Gasteiger partial charge < -0.3 is 10.0 Å². The molecule has 0 aromatic heterocycles. The number of carbonyl (C=O) groups is 2. The van der Waals surface area contributed by atoms with Crippen LogP contribution >= 0.6 is 0 Å². The van der Waals surface area contributed by atoms with Gasteiger partial charge in [-0.25, -0.2) is 17.9 Å². The van der Waals surface area contributed by atoms with Gasteiger partial charge in [0, 0.05) is 14.1 Å². The molecular formula is C13H18N2O5S. The van der Waals surface area contributed by atoms with Gasteiger partial charge in [-0.05, 0) is 31.0 Å². The fourth-order valence-electron chi connectivity index (χ4n) is 1.74. The third-order valence-corrected chi connectivity index (χ3v) is 4.50. The largest absolute Gasteiger partial charge is 0.478 e. The first-order valence-electron chi connectivity index (χ1n) is 6.10. The van der Waals surface area contributed by atoms with Crippen molar-refractivity contribution in [2.45, 2.75) is 18.7 Å². The van der Waals surface area contributed by atoms with E-state index in [1.165, 1.54) is 25.1 Å². The van der Waals surface area contributed by atoms with Crippen molar-refractivity contribution in [3.05, 3.63) is 28.8 Å². The SMILES string of the molecule is Cc1cc(C)c(S(=O)(=O)NCC(=O)N(C)C)cc1C(=O)O. The van der Waals surface area contributed by atoms with E-state index in [0.29, 0.717) is 11.1 Å². The number of hydrogen-bond donors (Lipinski definition) is 2. The molecule has 0 aliphatic carbocycles. The number of sulfonamides is 1. The number of aromatic carboxylic acids is 1. The highest BCUT2D eigenvalue weighted by molar-refractivity contribution is 7.89. The van der Waals surface area contributed by atoms with E-state index >= 15 is 0 Å². The van der Waals surface area contributed by atoms with Gasteiger partial charge in [0.05, 0.1) is 17.0 Å². The lowest BCUT2D eigenvalue weighted by Gasteiger charge is -2.13. The van der Waals surface area contributed by atoms with E-state index in [9.17, 15) is 18.0 Å². The molecule has 21 heavy (non-hydrogen) atoms. The van der Waals surface area contributed by atoms with Crippen molar-refractivity contribution >= 4 is 21.9 Å². The van der Waals surface area contributed by atoms with Crippen LogP contribution in [0.1, 0.15) is 21.5 Å². The Morgan fingerprint density at radius 3 is 2.24 bits per heavy atom. The number of carboxylic acid groups (broad SMARTS) is 1. The average molecular weight is 314 g/mol. The highest BCUT2D eigenvalue weighted by Crippen LogP contribution is 2.20. The predicted octanol–water partition coefficient (Wildman–Crippen LogP) is 0.368. The zero-order valence-corrected chi connectivity index (χ0v) is 13.1. The minimum atomic E-state index is -3.95.